The number of hydrogen-bond donors (Lipinski definition) is 0. The van der Waals surface area contributed by atoms with Crippen LogP contribution in [-0.2, 0) is 7.05 Å². The number of pyridine rings is 1. The number of hydrogen-bond acceptors (Lipinski definition) is 6. The van der Waals surface area contributed by atoms with E-state index in [2.05, 4.69) is 20.4 Å². The number of benzene rings is 1. The van der Waals surface area contributed by atoms with Crippen molar-refractivity contribution in [1.29, 1.82) is 0 Å². The zero-order valence-electron chi connectivity index (χ0n) is 11.3. The normalized spacial score (nSPS) is 10.6. The van der Waals surface area contributed by atoms with Gasteiger partial charge < -0.3 is 0 Å². The smallest absolute Gasteiger partial charge is 0.258 e. The topological polar surface area (TPSA) is 99.6 Å². The molecule has 0 amide bonds. The minimum absolute atomic E-state index is 0.182. The molecule has 0 N–H and O–H groups in total. The van der Waals surface area contributed by atoms with E-state index in [0.29, 0.717) is 11.3 Å². The Labute approximate surface area is 123 Å². The van der Waals surface area contributed by atoms with Crippen molar-refractivity contribution < 1.29 is 9.31 Å². The van der Waals surface area contributed by atoms with Crippen LogP contribution in [0.4, 0.5) is 10.1 Å². The quantitative estimate of drug-likeness (QED) is 0.541. The number of nitrogens with zero attached hydrogens (tertiary/aromatic N) is 6. The molecule has 9 heteroatoms. The number of aromatic nitrogens is 5. The molecule has 1 aromatic carbocycles. The molecule has 0 aliphatic rings. The molecule has 0 spiro atoms. The molecular weight excluding hydrogens is 291 g/mol. The molecule has 0 bridgehead atoms. The molecule has 110 valence electrons. The maximum Gasteiger partial charge on any atom is 0.272 e. The van der Waals surface area contributed by atoms with E-state index in [9.17, 15) is 14.5 Å². The Morgan fingerprint density at radius 3 is 2.73 bits per heavy atom. The van der Waals surface area contributed by atoms with Gasteiger partial charge in [-0.15, -0.1) is 10.2 Å². The van der Waals surface area contributed by atoms with Gasteiger partial charge in [-0.1, -0.05) is 6.07 Å². The van der Waals surface area contributed by atoms with Crippen LogP contribution in [0.15, 0.2) is 36.5 Å². The second kappa shape index (κ2) is 5.28. The Morgan fingerprint density at radius 1 is 1.27 bits per heavy atom. The number of aryl methyl sites for hydroxylation is 1. The van der Waals surface area contributed by atoms with Crippen molar-refractivity contribution in [2.75, 3.05) is 0 Å². The van der Waals surface area contributed by atoms with Gasteiger partial charge in [0.25, 0.3) is 5.69 Å². The fourth-order valence-corrected chi connectivity index (χ4v) is 2.02. The summed E-state index contributed by atoms with van der Waals surface area (Å²) in [7, 11) is 1.60. The maximum absolute atomic E-state index is 14.2. The van der Waals surface area contributed by atoms with Gasteiger partial charge in [-0.3, -0.25) is 15.1 Å². The minimum atomic E-state index is -0.715. The van der Waals surface area contributed by atoms with Crippen LogP contribution in [0.5, 0.6) is 0 Å². The first-order chi connectivity index (χ1) is 10.6. The second-order valence-corrected chi connectivity index (χ2v) is 4.42. The SMILES string of the molecule is Cn1nnc(-c2ncccc2-c2ccc([N+](=O)[O-])cc2F)n1. The Hall–Kier alpha value is -3.23. The van der Waals surface area contributed by atoms with Crippen LogP contribution < -0.4 is 0 Å². The first-order valence-electron chi connectivity index (χ1n) is 6.20. The van der Waals surface area contributed by atoms with Crippen LogP contribution >= 0.6 is 0 Å². The zero-order valence-corrected chi connectivity index (χ0v) is 11.3. The highest BCUT2D eigenvalue weighted by molar-refractivity contribution is 5.78. The van der Waals surface area contributed by atoms with Gasteiger partial charge in [0, 0.05) is 23.4 Å². The predicted octanol–water partition coefficient (Wildman–Crippen LogP) is 1.99. The average Bonchev–Trinajstić information content (AvgIpc) is 2.93. The average molecular weight is 300 g/mol. The number of nitro groups is 1. The molecule has 3 rings (SSSR count). The lowest BCUT2D eigenvalue weighted by molar-refractivity contribution is -0.385. The lowest BCUT2D eigenvalue weighted by Crippen LogP contribution is -1.96. The van der Waals surface area contributed by atoms with E-state index in [1.165, 1.54) is 23.1 Å². The molecule has 0 saturated heterocycles. The van der Waals surface area contributed by atoms with E-state index in [1.54, 1.807) is 19.2 Å². The fourth-order valence-electron chi connectivity index (χ4n) is 2.02. The molecule has 0 saturated carbocycles. The van der Waals surface area contributed by atoms with Crippen molar-refractivity contribution in [1.82, 2.24) is 25.2 Å². The van der Waals surface area contributed by atoms with Gasteiger partial charge in [-0.25, -0.2) is 4.39 Å². The van der Waals surface area contributed by atoms with Gasteiger partial charge in [0.1, 0.15) is 11.5 Å². The molecule has 2 heterocycles. The van der Waals surface area contributed by atoms with Crippen molar-refractivity contribution in [2.24, 2.45) is 7.05 Å². The number of nitro benzene ring substituents is 1. The molecule has 3 aromatic rings. The molecular formula is C13H9FN6O2. The standard InChI is InChI=1S/C13H9FN6O2/c1-19-17-13(16-18-19)12-10(3-2-6-15-12)9-5-4-8(20(21)22)7-11(9)14/h2-7H,1H3. The lowest BCUT2D eigenvalue weighted by atomic mass is 10.0. The first kappa shape index (κ1) is 13.7. The van der Waals surface area contributed by atoms with Gasteiger partial charge in [0.05, 0.1) is 18.0 Å². The van der Waals surface area contributed by atoms with Crippen LogP contribution in [0.2, 0.25) is 0 Å². The number of rotatable bonds is 3. The van der Waals surface area contributed by atoms with Gasteiger partial charge in [-0.05, 0) is 17.3 Å². The summed E-state index contributed by atoms with van der Waals surface area (Å²) in [6.07, 6.45) is 1.53. The monoisotopic (exact) mass is 300 g/mol. The maximum atomic E-state index is 14.2. The first-order valence-corrected chi connectivity index (χ1v) is 6.20. The van der Waals surface area contributed by atoms with Gasteiger partial charge >= 0.3 is 0 Å². The molecule has 0 aliphatic carbocycles. The van der Waals surface area contributed by atoms with Crippen molar-refractivity contribution in [3.63, 3.8) is 0 Å². The third-order valence-electron chi connectivity index (χ3n) is 2.98. The molecule has 0 radical (unpaired) electrons. The molecule has 8 nitrogen and oxygen atoms in total. The minimum Gasteiger partial charge on any atom is -0.258 e. The number of halogens is 1. The third-order valence-corrected chi connectivity index (χ3v) is 2.98. The summed E-state index contributed by atoms with van der Waals surface area (Å²) in [6.45, 7) is 0. The molecule has 22 heavy (non-hydrogen) atoms. The van der Waals surface area contributed by atoms with Crippen molar-refractivity contribution in [3.8, 4) is 22.6 Å². The Balaban J connectivity index is 2.15. The summed E-state index contributed by atoms with van der Waals surface area (Å²) < 4.78 is 14.2. The second-order valence-electron chi connectivity index (χ2n) is 4.42. The number of non-ortho nitro benzene ring substituents is 1. The summed E-state index contributed by atoms with van der Waals surface area (Å²) in [6, 6.07) is 6.72. The Morgan fingerprint density at radius 2 is 2.09 bits per heavy atom. The van der Waals surface area contributed by atoms with Gasteiger partial charge in [0.15, 0.2) is 0 Å². The van der Waals surface area contributed by atoms with Crippen LogP contribution in [0.1, 0.15) is 0 Å². The highest BCUT2D eigenvalue weighted by Gasteiger charge is 2.18. The van der Waals surface area contributed by atoms with Gasteiger partial charge in [0.2, 0.25) is 5.82 Å². The summed E-state index contributed by atoms with van der Waals surface area (Å²) in [5.41, 5.74) is 0.650. The van der Waals surface area contributed by atoms with E-state index < -0.39 is 10.7 Å². The van der Waals surface area contributed by atoms with E-state index in [-0.39, 0.29) is 17.1 Å². The molecule has 2 aromatic heterocycles. The predicted molar refractivity (Wildman–Crippen MR) is 74.1 cm³/mol. The summed E-state index contributed by atoms with van der Waals surface area (Å²) in [5, 5.41) is 22.3. The highest BCUT2D eigenvalue weighted by atomic mass is 19.1. The fraction of sp³-hybridized carbons (Fsp3) is 0.0769. The summed E-state index contributed by atoms with van der Waals surface area (Å²) in [4.78, 5) is 15.5. The molecule has 0 aliphatic heterocycles. The molecule has 0 fully saturated rings. The summed E-state index contributed by atoms with van der Waals surface area (Å²) >= 11 is 0. The van der Waals surface area contributed by atoms with Crippen molar-refractivity contribution in [2.45, 2.75) is 0 Å². The van der Waals surface area contributed by atoms with Crippen molar-refractivity contribution in [3.05, 3.63) is 52.5 Å². The third kappa shape index (κ3) is 2.39. The Kier molecular flexibility index (Phi) is 3.30. The Bertz CT molecular complexity index is 863. The lowest BCUT2D eigenvalue weighted by Gasteiger charge is -2.06. The molecule has 0 atom stereocenters. The van der Waals surface area contributed by atoms with Crippen LogP contribution in [-0.4, -0.2) is 30.1 Å². The van der Waals surface area contributed by atoms with E-state index in [1.807, 2.05) is 0 Å². The van der Waals surface area contributed by atoms with E-state index >= 15 is 0 Å². The van der Waals surface area contributed by atoms with Gasteiger partial charge in [-0.2, -0.15) is 4.80 Å². The van der Waals surface area contributed by atoms with E-state index in [4.69, 9.17) is 0 Å². The van der Waals surface area contributed by atoms with Crippen LogP contribution in [0.25, 0.3) is 22.6 Å². The van der Waals surface area contributed by atoms with Crippen LogP contribution in [0.3, 0.4) is 0 Å². The van der Waals surface area contributed by atoms with E-state index in [0.717, 1.165) is 6.07 Å². The summed E-state index contributed by atoms with van der Waals surface area (Å²) in [5.74, 6) is -0.469. The largest absolute Gasteiger partial charge is 0.272 e. The molecule has 0 unspecified atom stereocenters. The number of tetrazole rings is 1. The zero-order chi connectivity index (χ0) is 15.7. The highest BCUT2D eigenvalue weighted by Crippen LogP contribution is 2.31. The van der Waals surface area contributed by atoms with Crippen molar-refractivity contribution >= 4 is 5.69 Å². The van der Waals surface area contributed by atoms with Crippen LogP contribution in [0, 0.1) is 15.9 Å².